The number of rotatable bonds is 5. The van der Waals surface area contributed by atoms with Crippen LogP contribution in [0.3, 0.4) is 0 Å². The van der Waals surface area contributed by atoms with Crippen molar-refractivity contribution in [3.8, 4) is 0 Å². The van der Waals surface area contributed by atoms with Crippen LogP contribution >= 0.6 is 15.9 Å². The summed E-state index contributed by atoms with van der Waals surface area (Å²) in [6.07, 6.45) is 2.94. The molecule has 1 fully saturated rings. The molecular weight excluding hydrogens is 266 g/mol. The van der Waals surface area contributed by atoms with E-state index in [0.29, 0.717) is 12.5 Å². The zero-order chi connectivity index (χ0) is 11.4. The maximum absolute atomic E-state index is 11.9. The van der Waals surface area contributed by atoms with E-state index in [1.54, 1.807) is 0 Å². The van der Waals surface area contributed by atoms with Gasteiger partial charge in [-0.3, -0.25) is 4.79 Å². The van der Waals surface area contributed by atoms with Gasteiger partial charge in [-0.1, -0.05) is 46.3 Å². The highest BCUT2D eigenvalue weighted by atomic mass is 79.9. The van der Waals surface area contributed by atoms with Crippen LogP contribution in [0.2, 0.25) is 0 Å². The number of hydrogen-bond acceptors (Lipinski definition) is 1. The van der Waals surface area contributed by atoms with Crippen LogP contribution in [0.15, 0.2) is 30.3 Å². The molecule has 0 atom stereocenters. The fourth-order valence-electron chi connectivity index (χ4n) is 1.81. The third-order valence-corrected chi connectivity index (χ3v) is 3.21. The number of alkyl halides is 1. The molecule has 3 heteroatoms. The molecule has 0 saturated heterocycles. The van der Waals surface area contributed by atoms with Crippen molar-refractivity contribution in [1.82, 2.24) is 4.90 Å². The van der Waals surface area contributed by atoms with E-state index in [9.17, 15) is 4.79 Å². The summed E-state index contributed by atoms with van der Waals surface area (Å²) in [5.41, 5.74) is 1.22. The smallest absolute Gasteiger partial charge is 0.223 e. The molecule has 0 N–H and O–H groups in total. The molecule has 0 aliphatic heterocycles. The first-order valence-corrected chi connectivity index (χ1v) is 6.83. The van der Waals surface area contributed by atoms with Gasteiger partial charge in [0.05, 0.1) is 0 Å². The normalized spacial score (nSPS) is 14.8. The Kier molecular flexibility index (Phi) is 3.99. The topological polar surface area (TPSA) is 20.3 Å². The summed E-state index contributed by atoms with van der Waals surface area (Å²) in [6, 6.07) is 10.7. The van der Waals surface area contributed by atoms with Crippen molar-refractivity contribution in [3.05, 3.63) is 35.9 Å². The monoisotopic (exact) mass is 281 g/mol. The number of amides is 1. The van der Waals surface area contributed by atoms with Crippen LogP contribution in [0.5, 0.6) is 0 Å². The molecule has 0 unspecified atom stereocenters. The maximum Gasteiger partial charge on any atom is 0.223 e. The van der Waals surface area contributed by atoms with E-state index < -0.39 is 0 Å². The summed E-state index contributed by atoms with van der Waals surface area (Å²) < 4.78 is 0. The van der Waals surface area contributed by atoms with E-state index in [-0.39, 0.29) is 5.91 Å². The van der Waals surface area contributed by atoms with Crippen LogP contribution in [-0.4, -0.2) is 22.2 Å². The summed E-state index contributed by atoms with van der Waals surface area (Å²) >= 11 is 3.33. The van der Waals surface area contributed by atoms with E-state index >= 15 is 0 Å². The van der Waals surface area contributed by atoms with Gasteiger partial charge in [0, 0.05) is 24.3 Å². The minimum Gasteiger partial charge on any atom is -0.335 e. The predicted molar refractivity (Wildman–Crippen MR) is 68.4 cm³/mol. The summed E-state index contributed by atoms with van der Waals surface area (Å²) in [6.45, 7) is 0.761. The highest BCUT2D eigenvalue weighted by Gasteiger charge is 2.31. The maximum atomic E-state index is 11.9. The van der Waals surface area contributed by atoms with Crippen LogP contribution in [0.25, 0.3) is 0 Å². The fraction of sp³-hybridized carbons (Fsp3) is 0.462. The second kappa shape index (κ2) is 5.48. The molecule has 0 heterocycles. The highest BCUT2D eigenvalue weighted by Crippen LogP contribution is 2.29. The van der Waals surface area contributed by atoms with Gasteiger partial charge in [-0.15, -0.1) is 0 Å². The molecule has 2 nitrogen and oxygen atoms in total. The van der Waals surface area contributed by atoms with E-state index in [2.05, 4.69) is 28.1 Å². The SMILES string of the molecule is O=C(CCBr)N(Cc1ccccc1)C1CC1. The Hall–Kier alpha value is -0.830. The standard InChI is InChI=1S/C13H16BrNO/c14-9-8-13(16)15(12-6-7-12)10-11-4-2-1-3-5-11/h1-5,12H,6-10H2. The zero-order valence-corrected chi connectivity index (χ0v) is 10.8. The van der Waals surface area contributed by atoms with Gasteiger partial charge < -0.3 is 4.90 Å². The lowest BCUT2D eigenvalue weighted by molar-refractivity contribution is -0.131. The van der Waals surface area contributed by atoms with Crippen molar-refractivity contribution in [2.24, 2.45) is 0 Å². The van der Waals surface area contributed by atoms with Crippen LogP contribution in [0.4, 0.5) is 0 Å². The molecule has 0 spiro atoms. The molecule has 0 aromatic heterocycles. The van der Waals surface area contributed by atoms with Crippen molar-refractivity contribution in [3.63, 3.8) is 0 Å². The van der Waals surface area contributed by atoms with Crippen molar-refractivity contribution < 1.29 is 4.79 Å². The third-order valence-electron chi connectivity index (χ3n) is 2.81. The van der Waals surface area contributed by atoms with Gasteiger partial charge in [0.25, 0.3) is 0 Å². The Morgan fingerprint density at radius 1 is 1.31 bits per heavy atom. The van der Waals surface area contributed by atoms with Crippen molar-refractivity contribution in [1.29, 1.82) is 0 Å². The summed E-state index contributed by atoms with van der Waals surface area (Å²) in [5, 5.41) is 0.754. The van der Waals surface area contributed by atoms with Gasteiger partial charge in [0.1, 0.15) is 0 Å². The van der Waals surface area contributed by atoms with Crippen LogP contribution in [-0.2, 0) is 11.3 Å². The van der Waals surface area contributed by atoms with Gasteiger partial charge >= 0.3 is 0 Å². The van der Waals surface area contributed by atoms with Crippen molar-refractivity contribution in [2.75, 3.05) is 5.33 Å². The first-order valence-electron chi connectivity index (χ1n) is 5.70. The Labute approximate surface area is 105 Å². The molecule has 2 rings (SSSR count). The summed E-state index contributed by atoms with van der Waals surface area (Å²) in [7, 11) is 0. The van der Waals surface area contributed by atoms with Crippen LogP contribution in [0, 0.1) is 0 Å². The highest BCUT2D eigenvalue weighted by molar-refractivity contribution is 9.09. The molecule has 1 saturated carbocycles. The molecular formula is C13H16BrNO. The molecule has 16 heavy (non-hydrogen) atoms. The molecule has 1 amide bonds. The lowest BCUT2D eigenvalue weighted by atomic mass is 10.2. The molecule has 0 radical (unpaired) electrons. The van der Waals surface area contributed by atoms with Gasteiger partial charge in [0.15, 0.2) is 0 Å². The lowest BCUT2D eigenvalue weighted by Crippen LogP contribution is -2.32. The second-order valence-corrected chi connectivity index (χ2v) is 4.97. The first-order chi connectivity index (χ1) is 7.81. The minimum atomic E-state index is 0.267. The largest absolute Gasteiger partial charge is 0.335 e. The van der Waals surface area contributed by atoms with Gasteiger partial charge in [-0.05, 0) is 18.4 Å². The fourth-order valence-corrected chi connectivity index (χ4v) is 2.15. The Morgan fingerprint density at radius 2 is 2.00 bits per heavy atom. The zero-order valence-electron chi connectivity index (χ0n) is 9.23. The Morgan fingerprint density at radius 3 is 2.56 bits per heavy atom. The van der Waals surface area contributed by atoms with Crippen molar-refractivity contribution >= 4 is 21.8 Å². The van der Waals surface area contributed by atoms with Crippen molar-refractivity contribution in [2.45, 2.75) is 31.8 Å². The van der Waals surface area contributed by atoms with Crippen LogP contribution in [0.1, 0.15) is 24.8 Å². The van der Waals surface area contributed by atoms with E-state index in [4.69, 9.17) is 0 Å². The molecule has 86 valence electrons. The molecule has 1 aliphatic carbocycles. The number of halogens is 1. The third kappa shape index (κ3) is 3.08. The number of benzene rings is 1. The minimum absolute atomic E-state index is 0.267. The van der Waals surface area contributed by atoms with Gasteiger partial charge in [-0.25, -0.2) is 0 Å². The van der Waals surface area contributed by atoms with E-state index in [0.717, 1.165) is 11.9 Å². The quantitative estimate of drug-likeness (QED) is 0.760. The average Bonchev–Trinajstić information content (AvgIpc) is 3.11. The number of hydrogen-bond donors (Lipinski definition) is 0. The number of carbonyl (C=O) groups excluding carboxylic acids is 1. The molecule has 1 aromatic rings. The number of carbonyl (C=O) groups is 1. The molecule has 0 bridgehead atoms. The molecule has 1 aliphatic rings. The lowest BCUT2D eigenvalue weighted by Gasteiger charge is -2.22. The van der Waals surface area contributed by atoms with E-state index in [1.165, 1.54) is 18.4 Å². The van der Waals surface area contributed by atoms with Crippen LogP contribution < -0.4 is 0 Å². The van der Waals surface area contributed by atoms with E-state index in [1.807, 2.05) is 23.1 Å². The van der Waals surface area contributed by atoms with Gasteiger partial charge in [-0.2, -0.15) is 0 Å². The predicted octanol–water partition coefficient (Wildman–Crippen LogP) is 2.96. The Bertz CT molecular complexity index is 348. The second-order valence-electron chi connectivity index (χ2n) is 4.18. The molecule has 1 aromatic carbocycles. The Balaban J connectivity index is 2.00. The number of nitrogens with zero attached hydrogens (tertiary/aromatic N) is 1. The summed E-state index contributed by atoms with van der Waals surface area (Å²) in [5.74, 6) is 0.267. The first kappa shape index (κ1) is 11.6. The average molecular weight is 282 g/mol. The van der Waals surface area contributed by atoms with Gasteiger partial charge in [0.2, 0.25) is 5.91 Å². The summed E-state index contributed by atoms with van der Waals surface area (Å²) in [4.78, 5) is 13.9.